The number of benzene rings is 2. The lowest BCUT2D eigenvalue weighted by molar-refractivity contribution is 0.305. The fourth-order valence-corrected chi connectivity index (χ4v) is 4.13. The molecule has 1 aliphatic rings. The zero-order valence-corrected chi connectivity index (χ0v) is 17.2. The molecular weight excluding hydrogens is 354 g/mol. The predicted molar refractivity (Wildman–Crippen MR) is 111 cm³/mol. The maximum absolute atomic E-state index is 14.2. The molecule has 3 rings (SSSR count). The topological polar surface area (TPSA) is 9.23 Å². The number of ether oxygens (including phenoxy) is 1. The molecule has 28 heavy (non-hydrogen) atoms. The van der Waals surface area contributed by atoms with Gasteiger partial charge in [0.2, 0.25) is 0 Å². The third kappa shape index (κ3) is 5.33. The van der Waals surface area contributed by atoms with Crippen molar-refractivity contribution in [1.29, 1.82) is 0 Å². The Morgan fingerprint density at radius 2 is 1.79 bits per heavy atom. The van der Waals surface area contributed by atoms with Crippen LogP contribution in [-0.4, -0.2) is 6.61 Å². The normalized spacial score (nSPS) is 16.1. The van der Waals surface area contributed by atoms with Crippen LogP contribution in [0, 0.1) is 17.6 Å². The van der Waals surface area contributed by atoms with Gasteiger partial charge in [-0.25, -0.2) is 8.78 Å². The van der Waals surface area contributed by atoms with Crippen molar-refractivity contribution in [2.45, 2.75) is 71.6 Å². The number of fused-ring (bicyclic) bond motifs is 1. The zero-order chi connectivity index (χ0) is 19.9. The van der Waals surface area contributed by atoms with Gasteiger partial charge in [0.15, 0.2) is 0 Å². The van der Waals surface area contributed by atoms with E-state index in [4.69, 9.17) is 4.74 Å². The monoisotopic (exact) mass is 386 g/mol. The Morgan fingerprint density at radius 3 is 2.50 bits per heavy atom. The first-order valence-electron chi connectivity index (χ1n) is 10.8. The molecule has 0 saturated heterocycles. The Hall–Kier alpha value is -1.90. The summed E-state index contributed by atoms with van der Waals surface area (Å²) in [7, 11) is 0. The minimum Gasteiger partial charge on any atom is -0.494 e. The summed E-state index contributed by atoms with van der Waals surface area (Å²) in [6.07, 6.45) is 8.53. The third-order valence-electron chi connectivity index (χ3n) is 5.94. The van der Waals surface area contributed by atoms with Gasteiger partial charge in [0, 0.05) is 5.56 Å². The number of hydrogen-bond donors (Lipinski definition) is 0. The van der Waals surface area contributed by atoms with Gasteiger partial charge in [0.25, 0.3) is 0 Å². The molecule has 0 N–H and O–H groups in total. The van der Waals surface area contributed by atoms with Gasteiger partial charge in [-0.1, -0.05) is 32.8 Å². The summed E-state index contributed by atoms with van der Waals surface area (Å²) in [5.41, 5.74) is 3.70. The largest absolute Gasteiger partial charge is 0.494 e. The Labute approximate surface area is 168 Å². The first kappa shape index (κ1) is 20.8. The highest BCUT2D eigenvalue weighted by Crippen LogP contribution is 2.31. The molecule has 1 unspecified atom stereocenters. The number of aryl methyl sites for hydroxylation is 2. The van der Waals surface area contributed by atoms with Crippen LogP contribution < -0.4 is 4.74 Å². The second-order valence-corrected chi connectivity index (χ2v) is 8.03. The molecule has 1 atom stereocenters. The second kappa shape index (κ2) is 10.0. The summed E-state index contributed by atoms with van der Waals surface area (Å²) < 4.78 is 34.3. The van der Waals surface area contributed by atoms with E-state index in [2.05, 4.69) is 25.1 Å². The predicted octanol–water partition coefficient (Wildman–Crippen LogP) is 6.83. The van der Waals surface area contributed by atoms with E-state index >= 15 is 0 Å². The third-order valence-corrected chi connectivity index (χ3v) is 5.94. The maximum atomic E-state index is 14.2. The molecule has 0 fully saturated rings. The molecule has 0 aliphatic heterocycles. The van der Waals surface area contributed by atoms with E-state index in [1.807, 2.05) is 6.92 Å². The van der Waals surface area contributed by atoms with Crippen LogP contribution in [-0.2, 0) is 25.7 Å². The van der Waals surface area contributed by atoms with E-state index in [9.17, 15) is 8.78 Å². The van der Waals surface area contributed by atoms with Crippen molar-refractivity contribution in [3.8, 4) is 5.75 Å². The summed E-state index contributed by atoms with van der Waals surface area (Å²) >= 11 is 0. The Kier molecular flexibility index (Phi) is 7.47. The van der Waals surface area contributed by atoms with Gasteiger partial charge in [-0.2, -0.15) is 0 Å². The Balaban J connectivity index is 1.56. The Morgan fingerprint density at radius 1 is 1.00 bits per heavy atom. The second-order valence-electron chi connectivity index (χ2n) is 8.03. The molecule has 0 heterocycles. The van der Waals surface area contributed by atoms with E-state index in [-0.39, 0.29) is 5.56 Å². The van der Waals surface area contributed by atoms with Gasteiger partial charge in [-0.3, -0.25) is 0 Å². The maximum Gasteiger partial charge on any atom is 0.129 e. The van der Waals surface area contributed by atoms with Crippen LogP contribution in [0.2, 0.25) is 0 Å². The molecule has 0 radical (unpaired) electrons. The minimum absolute atomic E-state index is 0.249. The summed E-state index contributed by atoms with van der Waals surface area (Å²) in [6.45, 7) is 4.89. The number of unbranched alkanes of at least 4 members (excludes halogenated alkanes) is 2. The lowest BCUT2D eigenvalue weighted by Crippen LogP contribution is -2.16. The molecule has 0 saturated carbocycles. The van der Waals surface area contributed by atoms with Gasteiger partial charge in [0.1, 0.15) is 17.4 Å². The molecule has 0 aromatic heterocycles. The summed E-state index contributed by atoms with van der Waals surface area (Å²) in [5, 5.41) is 0. The van der Waals surface area contributed by atoms with Crippen molar-refractivity contribution in [3.63, 3.8) is 0 Å². The fourth-order valence-electron chi connectivity index (χ4n) is 4.13. The van der Waals surface area contributed by atoms with Gasteiger partial charge in [0.05, 0.1) is 6.61 Å². The lowest BCUT2D eigenvalue weighted by atomic mass is 9.81. The fraction of sp³-hybridized carbons (Fsp3) is 0.520. The molecule has 0 amide bonds. The van der Waals surface area contributed by atoms with Gasteiger partial charge in [-0.15, -0.1) is 0 Å². The highest BCUT2D eigenvalue weighted by Gasteiger charge is 2.20. The van der Waals surface area contributed by atoms with Crippen molar-refractivity contribution >= 4 is 0 Å². The number of rotatable bonds is 9. The standard InChI is InChI=1S/C25H32F2O/c1-3-5-6-13-28-22-11-10-20-14-19(7-9-21(20)17-22)8-12-23-24(26)15-18(4-2)16-25(23)27/h10-11,15-17,19H,3-9,12-14H2,1-2H3. The van der Waals surface area contributed by atoms with Crippen LogP contribution in [0.15, 0.2) is 30.3 Å². The minimum atomic E-state index is -0.391. The molecule has 1 nitrogen and oxygen atoms in total. The smallest absolute Gasteiger partial charge is 0.129 e. The lowest BCUT2D eigenvalue weighted by Gasteiger charge is -2.25. The summed E-state index contributed by atoms with van der Waals surface area (Å²) in [4.78, 5) is 0. The molecule has 2 aromatic rings. The van der Waals surface area contributed by atoms with E-state index in [1.165, 1.54) is 36.1 Å². The zero-order valence-electron chi connectivity index (χ0n) is 17.2. The quantitative estimate of drug-likeness (QED) is 0.429. The van der Waals surface area contributed by atoms with Crippen molar-refractivity contribution in [1.82, 2.24) is 0 Å². The molecule has 0 spiro atoms. The van der Waals surface area contributed by atoms with Gasteiger partial charge < -0.3 is 4.74 Å². The van der Waals surface area contributed by atoms with E-state index in [0.29, 0.717) is 18.8 Å². The van der Waals surface area contributed by atoms with Crippen LogP contribution in [0.4, 0.5) is 8.78 Å². The average molecular weight is 387 g/mol. The summed E-state index contributed by atoms with van der Waals surface area (Å²) in [6, 6.07) is 9.39. The number of halogens is 2. The molecule has 3 heteroatoms. The summed E-state index contributed by atoms with van der Waals surface area (Å²) in [5.74, 6) is 0.665. The Bertz CT molecular complexity index is 761. The highest BCUT2D eigenvalue weighted by atomic mass is 19.1. The van der Waals surface area contributed by atoms with Crippen LogP contribution in [0.25, 0.3) is 0 Å². The van der Waals surface area contributed by atoms with Crippen LogP contribution in [0.1, 0.15) is 68.2 Å². The average Bonchev–Trinajstić information content (AvgIpc) is 2.70. The molecule has 1 aliphatic carbocycles. The first-order valence-corrected chi connectivity index (χ1v) is 10.8. The SMILES string of the molecule is CCCCCOc1ccc2c(c1)CCC(CCc1c(F)cc(CC)cc1F)C2. The molecule has 152 valence electrons. The van der Waals surface area contributed by atoms with Gasteiger partial charge in [-0.05, 0) is 91.8 Å². The van der Waals surface area contributed by atoms with Gasteiger partial charge >= 0.3 is 0 Å². The van der Waals surface area contributed by atoms with Crippen molar-refractivity contribution in [2.75, 3.05) is 6.61 Å². The number of hydrogen-bond acceptors (Lipinski definition) is 1. The van der Waals surface area contributed by atoms with Crippen molar-refractivity contribution < 1.29 is 13.5 Å². The van der Waals surface area contributed by atoms with E-state index in [1.54, 1.807) is 0 Å². The van der Waals surface area contributed by atoms with Crippen molar-refractivity contribution in [3.05, 3.63) is 64.2 Å². The van der Waals surface area contributed by atoms with E-state index in [0.717, 1.165) is 50.0 Å². The molecule has 0 bridgehead atoms. The van der Waals surface area contributed by atoms with Crippen LogP contribution in [0.5, 0.6) is 5.75 Å². The van der Waals surface area contributed by atoms with Crippen LogP contribution >= 0.6 is 0 Å². The van der Waals surface area contributed by atoms with Crippen LogP contribution in [0.3, 0.4) is 0 Å². The molecule has 2 aromatic carbocycles. The molecular formula is C25H32F2O. The highest BCUT2D eigenvalue weighted by molar-refractivity contribution is 5.37. The first-order chi connectivity index (χ1) is 13.6. The van der Waals surface area contributed by atoms with E-state index < -0.39 is 11.6 Å². The van der Waals surface area contributed by atoms with Crippen molar-refractivity contribution in [2.24, 2.45) is 5.92 Å².